The van der Waals surface area contributed by atoms with E-state index >= 15 is 0 Å². The van der Waals surface area contributed by atoms with Crippen molar-refractivity contribution in [1.82, 2.24) is 10.5 Å². The maximum atomic E-state index is 13.5. The predicted octanol–water partition coefficient (Wildman–Crippen LogP) is 2.98. The molecule has 2 rings (SSSR count). The summed E-state index contributed by atoms with van der Waals surface area (Å²) >= 11 is 0. The zero-order valence-corrected chi connectivity index (χ0v) is 9.74. The van der Waals surface area contributed by atoms with Crippen LogP contribution in [0.25, 0.3) is 11.3 Å². The van der Waals surface area contributed by atoms with Gasteiger partial charge in [-0.1, -0.05) is 24.2 Å². The first-order chi connectivity index (χ1) is 8.31. The third-order valence-corrected chi connectivity index (χ3v) is 2.43. The van der Waals surface area contributed by atoms with Crippen LogP contribution >= 0.6 is 0 Å². The first-order valence-electron chi connectivity index (χ1n) is 5.72. The zero-order valence-electron chi connectivity index (χ0n) is 9.74. The second-order valence-corrected chi connectivity index (χ2v) is 3.84. The van der Waals surface area contributed by atoms with E-state index in [1.807, 2.05) is 0 Å². The molecule has 0 atom stereocenters. The van der Waals surface area contributed by atoms with Gasteiger partial charge < -0.3 is 9.84 Å². The highest BCUT2D eigenvalue weighted by molar-refractivity contribution is 5.57. The molecule has 4 heteroatoms. The first-order valence-corrected chi connectivity index (χ1v) is 5.72. The van der Waals surface area contributed by atoms with E-state index in [-0.39, 0.29) is 5.82 Å². The molecule has 0 bridgehead atoms. The topological polar surface area (TPSA) is 38.1 Å². The molecule has 0 aliphatic heterocycles. The van der Waals surface area contributed by atoms with E-state index in [2.05, 4.69) is 17.4 Å². The van der Waals surface area contributed by atoms with Crippen molar-refractivity contribution in [3.8, 4) is 11.3 Å². The van der Waals surface area contributed by atoms with Crippen LogP contribution in [0.15, 0.2) is 34.9 Å². The van der Waals surface area contributed by atoms with Gasteiger partial charge in [0.1, 0.15) is 5.82 Å². The van der Waals surface area contributed by atoms with Crippen LogP contribution in [-0.2, 0) is 6.54 Å². The van der Waals surface area contributed by atoms with Gasteiger partial charge in [0, 0.05) is 12.6 Å². The van der Waals surface area contributed by atoms with E-state index in [1.165, 1.54) is 6.07 Å². The Hall–Kier alpha value is -1.68. The smallest absolute Gasteiger partial charge is 0.170 e. The van der Waals surface area contributed by atoms with Gasteiger partial charge in [-0.2, -0.15) is 0 Å². The van der Waals surface area contributed by atoms with Crippen molar-refractivity contribution in [1.29, 1.82) is 0 Å². The first kappa shape index (κ1) is 11.8. The monoisotopic (exact) mass is 234 g/mol. The number of hydrogen-bond acceptors (Lipinski definition) is 3. The molecule has 1 aromatic heterocycles. The molecule has 1 aromatic carbocycles. The molecule has 17 heavy (non-hydrogen) atoms. The highest BCUT2D eigenvalue weighted by Crippen LogP contribution is 2.22. The van der Waals surface area contributed by atoms with Crippen LogP contribution in [0.1, 0.15) is 19.0 Å². The normalized spacial score (nSPS) is 10.7. The van der Waals surface area contributed by atoms with Gasteiger partial charge >= 0.3 is 0 Å². The summed E-state index contributed by atoms with van der Waals surface area (Å²) in [5.74, 6) is 0.174. The number of hydrogen-bond donors (Lipinski definition) is 1. The van der Waals surface area contributed by atoms with Gasteiger partial charge in [-0.25, -0.2) is 4.39 Å². The zero-order chi connectivity index (χ0) is 12.1. The van der Waals surface area contributed by atoms with E-state index in [0.29, 0.717) is 17.9 Å². The van der Waals surface area contributed by atoms with E-state index in [1.54, 1.807) is 24.3 Å². The fourth-order valence-electron chi connectivity index (χ4n) is 1.58. The van der Waals surface area contributed by atoms with Crippen molar-refractivity contribution in [2.75, 3.05) is 6.54 Å². The summed E-state index contributed by atoms with van der Waals surface area (Å²) in [5.41, 5.74) is 1.23. The van der Waals surface area contributed by atoms with Crippen molar-refractivity contribution < 1.29 is 8.91 Å². The molecule has 0 radical (unpaired) electrons. The van der Waals surface area contributed by atoms with Gasteiger partial charge in [-0.3, -0.25) is 0 Å². The van der Waals surface area contributed by atoms with Crippen molar-refractivity contribution >= 4 is 0 Å². The average Bonchev–Trinajstić information content (AvgIpc) is 2.79. The fraction of sp³-hybridized carbons (Fsp3) is 0.308. The Kier molecular flexibility index (Phi) is 3.88. The molecular weight excluding hydrogens is 219 g/mol. The molecule has 0 aliphatic carbocycles. The van der Waals surface area contributed by atoms with Gasteiger partial charge in [0.2, 0.25) is 0 Å². The van der Waals surface area contributed by atoms with Gasteiger partial charge in [-0.05, 0) is 25.1 Å². The molecule has 0 unspecified atom stereocenters. The third kappa shape index (κ3) is 2.91. The lowest BCUT2D eigenvalue weighted by Gasteiger charge is -1.97. The lowest BCUT2D eigenvalue weighted by atomic mass is 10.1. The third-order valence-electron chi connectivity index (χ3n) is 2.43. The predicted molar refractivity (Wildman–Crippen MR) is 63.9 cm³/mol. The van der Waals surface area contributed by atoms with Crippen LogP contribution in [0.3, 0.4) is 0 Å². The summed E-state index contributed by atoms with van der Waals surface area (Å²) in [5, 5.41) is 7.12. The van der Waals surface area contributed by atoms with Crippen LogP contribution in [-0.4, -0.2) is 11.7 Å². The molecule has 0 saturated heterocycles. The number of nitrogens with zero attached hydrogens (tertiary/aromatic N) is 1. The molecular formula is C13H15FN2O. The van der Waals surface area contributed by atoms with E-state index in [4.69, 9.17) is 4.52 Å². The lowest BCUT2D eigenvalue weighted by Crippen LogP contribution is -2.13. The molecule has 90 valence electrons. The summed E-state index contributed by atoms with van der Waals surface area (Å²) in [6.07, 6.45) is 1.07. The quantitative estimate of drug-likeness (QED) is 0.808. The van der Waals surface area contributed by atoms with Crippen LogP contribution in [0.5, 0.6) is 0 Å². The molecule has 0 saturated carbocycles. The minimum Gasteiger partial charge on any atom is -0.356 e. The minimum absolute atomic E-state index is 0.295. The standard InChI is InChI=1S/C13H15FN2O/c1-2-7-15-9-10-8-13(17-16-10)11-5-3-4-6-12(11)14/h3-6,8,15H,2,7,9H2,1H3. The maximum Gasteiger partial charge on any atom is 0.170 e. The average molecular weight is 234 g/mol. The molecule has 3 nitrogen and oxygen atoms in total. The molecule has 0 fully saturated rings. The SMILES string of the molecule is CCCNCc1cc(-c2ccccc2F)on1. The van der Waals surface area contributed by atoms with Crippen molar-refractivity contribution in [3.63, 3.8) is 0 Å². The van der Waals surface area contributed by atoms with Crippen LogP contribution in [0.4, 0.5) is 4.39 Å². The van der Waals surface area contributed by atoms with E-state index in [0.717, 1.165) is 18.7 Å². The summed E-state index contributed by atoms with van der Waals surface area (Å²) in [7, 11) is 0. The maximum absolute atomic E-state index is 13.5. The molecule has 2 aromatic rings. The Morgan fingerprint density at radius 3 is 2.94 bits per heavy atom. The molecule has 1 N–H and O–H groups in total. The Morgan fingerprint density at radius 2 is 2.18 bits per heavy atom. The van der Waals surface area contributed by atoms with E-state index < -0.39 is 0 Å². The summed E-state index contributed by atoms with van der Waals surface area (Å²) in [6, 6.07) is 8.28. The molecule has 0 spiro atoms. The van der Waals surface area contributed by atoms with Crippen molar-refractivity contribution in [2.24, 2.45) is 0 Å². The van der Waals surface area contributed by atoms with Gasteiger partial charge in [0.25, 0.3) is 0 Å². The second kappa shape index (κ2) is 5.59. The number of benzene rings is 1. The summed E-state index contributed by atoms with van der Waals surface area (Å²) in [4.78, 5) is 0. The molecule has 0 aliphatic rings. The molecule has 1 heterocycles. The highest BCUT2D eigenvalue weighted by atomic mass is 19.1. The van der Waals surface area contributed by atoms with Crippen LogP contribution in [0.2, 0.25) is 0 Å². The Balaban J connectivity index is 2.10. The number of nitrogens with one attached hydrogen (secondary N) is 1. The van der Waals surface area contributed by atoms with E-state index in [9.17, 15) is 4.39 Å². The Morgan fingerprint density at radius 1 is 1.35 bits per heavy atom. The van der Waals surface area contributed by atoms with Crippen molar-refractivity contribution in [2.45, 2.75) is 19.9 Å². The van der Waals surface area contributed by atoms with Gasteiger partial charge in [0.15, 0.2) is 5.76 Å². The fourth-order valence-corrected chi connectivity index (χ4v) is 1.58. The minimum atomic E-state index is -0.295. The van der Waals surface area contributed by atoms with Crippen LogP contribution in [0, 0.1) is 5.82 Å². The highest BCUT2D eigenvalue weighted by Gasteiger charge is 2.10. The molecule has 0 amide bonds. The number of aromatic nitrogens is 1. The lowest BCUT2D eigenvalue weighted by molar-refractivity contribution is 0.418. The van der Waals surface area contributed by atoms with Gasteiger partial charge in [-0.15, -0.1) is 0 Å². The second-order valence-electron chi connectivity index (χ2n) is 3.84. The van der Waals surface area contributed by atoms with Gasteiger partial charge in [0.05, 0.1) is 11.3 Å². The summed E-state index contributed by atoms with van der Waals surface area (Å²) in [6.45, 7) is 3.67. The number of halogens is 1. The largest absolute Gasteiger partial charge is 0.356 e. The van der Waals surface area contributed by atoms with Crippen LogP contribution < -0.4 is 5.32 Å². The Bertz CT molecular complexity index is 482. The van der Waals surface area contributed by atoms with Crippen molar-refractivity contribution in [3.05, 3.63) is 41.8 Å². The summed E-state index contributed by atoms with van der Waals surface area (Å²) < 4.78 is 18.6. The number of rotatable bonds is 5. The Labute approximate surface area is 99.6 Å².